The number of allylic oxidation sites excluding steroid dienone is 1. The van der Waals surface area contributed by atoms with Crippen molar-refractivity contribution in [3.8, 4) is 0 Å². The molecule has 1 aliphatic heterocycles. The largest absolute Gasteiger partial charge is 0.460 e. The maximum Gasteiger partial charge on any atom is 0.338 e. The summed E-state index contributed by atoms with van der Waals surface area (Å²) in [5.41, 5.74) is 1.16. The van der Waals surface area contributed by atoms with E-state index in [-0.39, 0.29) is 31.4 Å². The number of amides is 2. The normalized spacial score (nSPS) is 17.3. The Labute approximate surface area is 145 Å². The molecule has 6 nitrogen and oxygen atoms in total. The molecule has 134 valence electrons. The van der Waals surface area contributed by atoms with Crippen LogP contribution in [0.3, 0.4) is 0 Å². The second-order valence-electron chi connectivity index (χ2n) is 5.46. The van der Waals surface area contributed by atoms with Crippen LogP contribution < -0.4 is 5.32 Å². The molecule has 0 fully saturated rings. The maximum absolute atomic E-state index is 13.6. The number of hydrogen-bond acceptors (Lipinski definition) is 4. The van der Waals surface area contributed by atoms with E-state index in [9.17, 15) is 14.0 Å². The Kier molecular flexibility index (Phi) is 6.30. The minimum Gasteiger partial charge on any atom is -0.460 e. The highest BCUT2D eigenvalue weighted by Gasteiger charge is 2.36. The number of methoxy groups -OCH3 is 1. The quantitative estimate of drug-likeness (QED) is 0.467. The number of ether oxygens (including phenoxy) is 2. The Morgan fingerprint density at radius 1 is 1.44 bits per heavy atom. The molecule has 2 amide bonds. The van der Waals surface area contributed by atoms with Crippen molar-refractivity contribution in [2.24, 2.45) is 0 Å². The SMILES string of the molecule is C=CCN1C(=O)N[C@@H](c2cccc(F)c2)C(C(=O)OCCOC)=C1C. The molecule has 1 aromatic rings. The molecule has 0 bridgehead atoms. The zero-order chi connectivity index (χ0) is 18.4. The summed E-state index contributed by atoms with van der Waals surface area (Å²) in [7, 11) is 1.50. The Hall–Kier alpha value is -2.67. The third kappa shape index (κ3) is 4.24. The van der Waals surface area contributed by atoms with Gasteiger partial charge in [-0.2, -0.15) is 0 Å². The van der Waals surface area contributed by atoms with Crippen molar-refractivity contribution < 1.29 is 23.5 Å². The number of esters is 1. The lowest BCUT2D eigenvalue weighted by atomic mass is 9.95. The number of nitrogens with zero attached hydrogens (tertiary/aromatic N) is 1. The van der Waals surface area contributed by atoms with E-state index in [1.54, 1.807) is 19.1 Å². The van der Waals surface area contributed by atoms with Crippen LogP contribution in [0.25, 0.3) is 0 Å². The minimum atomic E-state index is -0.792. The molecule has 0 unspecified atom stereocenters. The summed E-state index contributed by atoms with van der Waals surface area (Å²) in [6.07, 6.45) is 1.56. The van der Waals surface area contributed by atoms with Gasteiger partial charge >= 0.3 is 12.0 Å². The fourth-order valence-electron chi connectivity index (χ4n) is 2.63. The van der Waals surface area contributed by atoms with Crippen LogP contribution in [0.2, 0.25) is 0 Å². The Morgan fingerprint density at radius 2 is 2.20 bits per heavy atom. The van der Waals surface area contributed by atoms with Crippen LogP contribution in [0.5, 0.6) is 0 Å². The highest BCUT2D eigenvalue weighted by Crippen LogP contribution is 2.31. The molecule has 0 saturated carbocycles. The Balaban J connectivity index is 2.43. The topological polar surface area (TPSA) is 67.9 Å². The van der Waals surface area contributed by atoms with Gasteiger partial charge in [-0.1, -0.05) is 18.2 Å². The molecule has 1 N–H and O–H groups in total. The molecule has 1 aromatic carbocycles. The lowest BCUT2D eigenvalue weighted by molar-refractivity contribution is -0.140. The molecule has 0 saturated heterocycles. The summed E-state index contributed by atoms with van der Waals surface area (Å²) in [6.45, 7) is 5.85. The number of hydrogen-bond donors (Lipinski definition) is 1. The van der Waals surface area contributed by atoms with Crippen LogP contribution >= 0.6 is 0 Å². The van der Waals surface area contributed by atoms with Crippen LogP contribution in [0.4, 0.5) is 9.18 Å². The van der Waals surface area contributed by atoms with Gasteiger partial charge in [-0.05, 0) is 24.6 Å². The van der Waals surface area contributed by atoms with Crippen molar-refractivity contribution >= 4 is 12.0 Å². The zero-order valence-corrected chi connectivity index (χ0v) is 14.3. The molecule has 7 heteroatoms. The molecule has 0 radical (unpaired) electrons. The van der Waals surface area contributed by atoms with Crippen molar-refractivity contribution in [3.05, 3.63) is 59.6 Å². The number of urea groups is 1. The fraction of sp³-hybridized carbons (Fsp3) is 0.333. The third-order valence-electron chi connectivity index (χ3n) is 3.83. The van der Waals surface area contributed by atoms with Gasteiger partial charge in [0.25, 0.3) is 0 Å². The van der Waals surface area contributed by atoms with Crippen molar-refractivity contribution in [3.63, 3.8) is 0 Å². The van der Waals surface area contributed by atoms with E-state index in [0.717, 1.165) is 0 Å². The minimum absolute atomic E-state index is 0.0807. The van der Waals surface area contributed by atoms with E-state index >= 15 is 0 Å². The molecule has 0 spiro atoms. The molecule has 1 atom stereocenters. The van der Waals surface area contributed by atoms with E-state index in [2.05, 4.69) is 11.9 Å². The van der Waals surface area contributed by atoms with Gasteiger partial charge in [0.05, 0.1) is 18.2 Å². The van der Waals surface area contributed by atoms with Crippen LogP contribution in [0.1, 0.15) is 18.5 Å². The van der Waals surface area contributed by atoms with Gasteiger partial charge < -0.3 is 14.8 Å². The predicted molar refractivity (Wildman–Crippen MR) is 90.1 cm³/mol. The number of nitrogens with one attached hydrogen (secondary N) is 1. The van der Waals surface area contributed by atoms with Crippen LogP contribution in [-0.2, 0) is 14.3 Å². The van der Waals surface area contributed by atoms with E-state index in [1.165, 1.54) is 30.2 Å². The van der Waals surface area contributed by atoms with Crippen molar-refractivity contribution in [2.75, 3.05) is 26.9 Å². The van der Waals surface area contributed by atoms with Crippen molar-refractivity contribution in [2.45, 2.75) is 13.0 Å². The van der Waals surface area contributed by atoms with E-state index in [4.69, 9.17) is 9.47 Å². The average Bonchev–Trinajstić information content (AvgIpc) is 2.58. The second kappa shape index (κ2) is 8.43. The standard InChI is InChI=1S/C18H21FN2O4/c1-4-8-21-12(2)15(17(22)25-10-9-24-3)16(20-18(21)23)13-6-5-7-14(19)11-13/h4-7,11,16H,1,8-10H2,2-3H3,(H,20,23)/t16-/m0/s1. The molecular weight excluding hydrogens is 327 g/mol. The lowest BCUT2D eigenvalue weighted by Crippen LogP contribution is -2.48. The second-order valence-corrected chi connectivity index (χ2v) is 5.46. The number of rotatable bonds is 7. The highest BCUT2D eigenvalue weighted by molar-refractivity contribution is 5.95. The smallest absolute Gasteiger partial charge is 0.338 e. The van der Waals surface area contributed by atoms with E-state index in [0.29, 0.717) is 11.3 Å². The van der Waals surface area contributed by atoms with Gasteiger partial charge in [0, 0.05) is 19.4 Å². The lowest BCUT2D eigenvalue weighted by Gasteiger charge is -2.34. The molecule has 25 heavy (non-hydrogen) atoms. The number of halogens is 1. The summed E-state index contributed by atoms with van der Waals surface area (Å²) >= 11 is 0. The fourth-order valence-corrected chi connectivity index (χ4v) is 2.63. The number of carbonyl (C=O) groups excluding carboxylic acids is 2. The summed E-state index contributed by atoms with van der Waals surface area (Å²) < 4.78 is 23.7. The Bertz CT molecular complexity index is 702. The molecular formula is C18H21FN2O4. The first-order valence-corrected chi connectivity index (χ1v) is 7.80. The van der Waals surface area contributed by atoms with Crippen LogP contribution in [0, 0.1) is 5.82 Å². The monoisotopic (exact) mass is 348 g/mol. The molecule has 1 heterocycles. The van der Waals surface area contributed by atoms with Crippen LogP contribution in [-0.4, -0.2) is 43.8 Å². The average molecular weight is 348 g/mol. The predicted octanol–water partition coefficient (Wildman–Crippen LogP) is 2.54. The molecule has 0 aromatic heterocycles. The third-order valence-corrected chi connectivity index (χ3v) is 3.83. The van der Waals surface area contributed by atoms with Gasteiger partial charge in [-0.3, -0.25) is 4.90 Å². The highest BCUT2D eigenvalue weighted by atomic mass is 19.1. The Morgan fingerprint density at radius 3 is 2.84 bits per heavy atom. The molecule has 0 aliphatic carbocycles. The summed E-state index contributed by atoms with van der Waals surface area (Å²) in [4.78, 5) is 26.3. The number of benzene rings is 1. The van der Waals surface area contributed by atoms with Gasteiger partial charge in [0.2, 0.25) is 0 Å². The first kappa shape index (κ1) is 18.7. The zero-order valence-electron chi connectivity index (χ0n) is 14.3. The van der Waals surface area contributed by atoms with Gasteiger partial charge in [-0.25, -0.2) is 14.0 Å². The summed E-state index contributed by atoms with van der Waals surface area (Å²) in [5.74, 6) is -1.04. The molecule has 2 rings (SSSR count). The van der Waals surface area contributed by atoms with E-state index < -0.39 is 17.8 Å². The van der Waals surface area contributed by atoms with Crippen molar-refractivity contribution in [1.29, 1.82) is 0 Å². The number of carbonyl (C=O) groups is 2. The van der Waals surface area contributed by atoms with E-state index in [1.807, 2.05) is 0 Å². The first-order valence-electron chi connectivity index (χ1n) is 7.80. The van der Waals surface area contributed by atoms with Crippen LogP contribution in [0.15, 0.2) is 48.2 Å². The van der Waals surface area contributed by atoms with Gasteiger partial charge in [0.1, 0.15) is 12.4 Å². The maximum atomic E-state index is 13.6. The van der Waals surface area contributed by atoms with Gasteiger partial charge in [0.15, 0.2) is 0 Å². The molecule has 1 aliphatic rings. The first-order chi connectivity index (χ1) is 12.0. The summed E-state index contributed by atoms with van der Waals surface area (Å²) in [5, 5.41) is 2.73. The van der Waals surface area contributed by atoms with Gasteiger partial charge in [-0.15, -0.1) is 6.58 Å². The van der Waals surface area contributed by atoms with Crippen molar-refractivity contribution in [1.82, 2.24) is 10.2 Å². The summed E-state index contributed by atoms with van der Waals surface area (Å²) in [6, 6.07) is 4.57.